The van der Waals surface area contributed by atoms with Crippen molar-refractivity contribution in [1.29, 1.82) is 5.26 Å². The summed E-state index contributed by atoms with van der Waals surface area (Å²) in [6.45, 7) is 1.97. The van der Waals surface area contributed by atoms with Crippen molar-refractivity contribution < 1.29 is 9.53 Å². The van der Waals surface area contributed by atoms with Gasteiger partial charge in [0.2, 0.25) is 0 Å². The molecule has 0 atom stereocenters. The molecular formula is C21H17NO2S. The molecule has 2 aromatic carbocycles. The number of nitriles is 1. The molecule has 124 valence electrons. The van der Waals surface area contributed by atoms with Gasteiger partial charge in [-0.05, 0) is 30.2 Å². The Morgan fingerprint density at radius 1 is 1.00 bits per heavy atom. The average molecular weight is 347 g/mol. The Morgan fingerprint density at radius 2 is 1.48 bits per heavy atom. The summed E-state index contributed by atoms with van der Waals surface area (Å²) >= 11 is 1.55. The summed E-state index contributed by atoms with van der Waals surface area (Å²) in [7, 11) is 0. The second-order valence-electron chi connectivity index (χ2n) is 5.55. The van der Waals surface area contributed by atoms with Crippen LogP contribution in [0.3, 0.4) is 0 Å². The Bertz CT molecular complexity index is 808. The monoisotopic (exact) mass is 347 g/mol. The summed E-state index contributed by atoms with van der Waals surface area (Å²) in [6, 6.07) is 21.7. The first kappa shape index (κ1) is 17.1. The van der Waals surface area contributed by atoms with Crippen LogP contribution in [0.4, 0.5) is 0 Å². The minimum Gasteiger partial charge on any atom is -0.464 e. The van der Waals surface area contributed by atoms with Crippen molar-refractivity contribution in [2.24, 2.45) is 5.41 Å². The number of rotatable bonds is 4. The molecule has 0 aliphatic carbocycles. The van der Waals surface area contributed by atoms with E-state index in [-0.39, 0.29) is 6.61 Å². The minimum atomic E-state index is -1.42. The zero-order valence-electron chi connectivity index (χ0n) is 13.8. The van der Waals surface area contributed by atoms with Crippen molar-refractivity contribution in [3.05, 3.63) is 83.9 Å². The molecule has 0 fully saturated rings. The van der Waals surface area contributed by atoms with Crippen LogP contribution in [0.15, 0.2) is 72.8 Å². The molecule has 0 saturated heterocycles. The number of thioether (sulfide) groups is 1. The molecular weight excluding hydrogens is 330 g/mol. The molecule has 0 spiro atoms. The van der Waals surface area contributed by atoms with Gasteiger partial charge in [-0.3, -0.25) is 0 Å². The quantitative estimate of drug-likeness (QED) is 0.739. The largest absolute Gasteiger partial charge is 0.464 e. The van der Waals surface area contributed by atoms with Crippen LogP contribution in [-0.2, 0) is 9.53 Å². The third-order valence-electron chi connectivity index (χ3n) is 3.85. The predicted molar refractivity (Wildman–Crippen MR) is 101 cm³/mol. The van der Waals surface area contributed by atoms with Crippen LogP contribution in [-0.4, -0.2) is 12.6 Å². The fourth-order valence-electron chi connectivity index (χ4n) is 2.60. The van der Waals surface area contributed by atoms with E-state index >= 15 is 0 Å². The highest BCUT2D eigenvalue weighted by atomic mass is 32.2. The van der Waals surface area contributed by atoms with E-state index in [2.05, 4.69) is 6.07 Å². The zero-order chi connectivity index (χ0) is 17.7. The maximum absolute atomic E-state index is 12.6. The Balaban J connectivity index is 2.13. The second kappa shape index (κ2) is 7.42. The van der Waals surface area contributed by atoms with Gasteiger partial charge in [0, 0.05) is 9.81 Å². The molecule has 0 radical (unpaired) electrons. The van der Waals surface area contributed by atoms with Crippen LogP contribution < -0.4 is 0 Å². The number of carbonyl (C=O) groups excluding carboxylic acids is 1. The number of ether oxygens (including phenoxy) is 1. The van der Waals surface area contributed by atoms with E-state index in [1.807, 2.05) is 60.7 Å². The Morgan fingerprint density at radius 3 is 1.88 bits per heavy atom. The second-order valence-corrected chi connectivity index (χ2v) is 6.64. The first-order valence-electron chi connectivity index (χ1n) is 8.01. The highest BCUT2D eigenvalue weighted by Gasteiger charge is 2.40. The fraction of sp³-hybridized carbons (Fsp3) is 0.143. The highest BCUT2D eigenvalue weighted by molar-refractivity contribution is 8.16. The summed E-state index contributed by atoms with van der Waals surface area (Å²) in [5.41, 5.74) is 0.522. The normalized spacial score (nSPS) is 15.5. The Kier molecular flexibility index (Phi) is 5.06. The lowest BCUT2D eigenvalue weighted by Crippen LogP contribution is -2.29. The third kappa shape index (κ3) is 3.52. The molecule has 0 aromatic heterocycles. The van der Waals surface area contributed by atoms with Crippen molar-refractivity contribution in [2.45, 2.75) is 6.92 Å². The molecule has 1 aliphatic heterocycles. The number of benzene rings is 2. The Hall–Kier alpha value is -2.77. The maximum atomic E-state index is 12.6. The van der Waals surface area contributed by atoms with Gasteiger partial charge in [0.15, 0.2) is 5.41 Å². The molecule has 2 aromatic rings. The van der Waals surface area contributed by atoms with E-state index in [4.69, 9.17) is 4.74 Å². The molecule has 4 heteroatoms. The summed E-state index contributed by atoms with van der Waals surface area (Å²) < 4.78 is 5.18. The molecule has 0 saturated carbocycles. The van der Waals surface area contributed by atoms with Crippen molar-refractivity contribution in [1.82, 2.24) is 0 Å². The molecule has 0 bridgehead atoms. The van der Waals surface area contributed by atoms with Crippen LogP contribution in [0.1, 0.15) is 18.1 Å². The van der Waals surface area contributed by atoms with Crippen molar-refractivity contribution in [3.63, 3.8) is 0 Å². The van der Waals surface area contributed by atoms with Gasteiger partial charge in [-0.25, -0.2) is 4.79 Å². The van der Waals surface area contributed by atoms with Gasteiger partial charge >= 0.3 is 5.97 Å². The molecule has 0 N–H and O–H groups in total. The number of carbonyl (C=O) groups is 1. The van der Waals surface area contributed by atoms with E-state index in [1.54, 1.807) is 30.8 Å². The zero-order valence-corrected chi connectivity index (χ0v) is 14.6. The molecule has 0 amide bonds. The van der Waals surface area contributed by atoms with Crippen LogP contribution >= 0.6 is 11.8 Å². The lowest BCUT2D eigenvalue weighted by Gasteiger charge is -2.25. The average Bonchev–Trinajstić information content (AvgIpc) is 2.69. The van der Waals surface area contributed by atoms with Gasteiger partial charge in [-0.2, -0.15) is 5.26 Å². The number of esters is 1. The van der Waals surface area contributed by atoms with Gasteiger partial charge in [0.25, 0.3) is 0 Å². The van der Waals surface area contributed by atoms with Gasteiger partial charge in [-0.15, -0.1) is 0 Å². The minimum absolute atomic E-state index is 0.235. The number of hydrogen-bond donors (Lipinski definition) is 0. The Labute approximate surface area is 151 Å². The van der Waals surface area contributed by atoms with Crippen molar-refractivity contribution in [3.8, 4) is 6.07 Å². The van der Waals surface area contributed by atoms with E-state index < -0.39 is 11.4 Å². The van der Waals surface area contributed by atoms with Crippen molar-refractivity contribution >= 4 is 27.5 Å². The van der Waals surface area contributed by atoms with Gasteiger partial charge in [-0.1, -0.05) is 72.4 Å². The summed E-state index contributed by atoms with van der Waals surface area (Å²) in [5.74, 6) is -0.542. The lowest BCUT2D eigenvalue weighted by atomic mass is 9.87. The maximum Gasteiger partial charge on any atom is 0.334 e. The van der Waals surface area contributed by atoms with Crippen LogP contribution in [0.5, 0.6) is 0 Å². The van der Waals surface area contributed by atoms with Crippen LogP contribution in [0.25, 0.3) is 9.81 Å². The van der Waals surface area contributed by atoms with Crippen LogP contribution in [0.2, 0.25) is 0 Å². The van der Waals surface area contributed by atoms with Gasteiger partial charge < -0.3 is 4.74 Å². The molecule has 1 aliphatic rings. The standard InChI is InChI=1S/C21H17NO2S/c1-2-24-20(23)21(15-22)13-18(16-9-5-3-6-10-16)25-19(14-21)17-11-7-4-8-12-17/h3-14H,2H2,1H3. The van der Waals surface area contributed by atoms with E-state index in [1.165, 1.54) is 0 Å². The lowest BCUT2D eigenvalue weighted by molar-refractivity contribution is -0.147. The highest BCUT2D eigenvalue weighted by Crippen LogP contribution is 2.48. The van der Waals surface area contributed by atoms with Gasteiger partial charge in [0.1, 0.15) is 0 Å². The molecule has 1 heterocycles. The van der Waals surface area contributed by atoms with Crippen LogP contribution in [0, 0.1) is 16.7 Å². The molecule has 3 nitrogen and oxygen atoms in total. The van der Waals surface area contributed by atoms with Crippen molar-refractivity contribution in [2.75, 3.05) is 6.61 Å². The smallest absolute Gasteiger partial charge is 0.334 e. The summed E-state index contributed by atoms with van der Waals surface area (Å²) in [6.07, 6.45) is 3.41. The fourth-order valence-corrected chi connectivity index (χ4v) is 3.83. The molecule has 0 unspecified atom stereocenters. The summed E-state index contributed by atoms with van der Waals surface area (Å²) in [4.78, 5) is 14.3. The topological polar surface area (TPSA) is 50.1 Å². The number of hydrogen-bond acceptors (Lipinski definition) is 4. The van der Waals surface area contributed by atoms with E-state index in [0.29, 0.717) is 0 Å². The first-order valence-corrected chi connectivity index (χ1v) is 8.83. The molecule has 3 rings (SSSR count). The predicted octanol–water partition coefficient (Wildman–Crippen LogP) is 4.89. The number of nitrogens with zero attached hydrogens (tertiary/aromatic N) is 1. The van der Waals surface area contributed by atoms with Gasteiger partial charge in [0.05, 0.1) is 12.7 Å². The SMILES string of the molecule is CCOC(=O)C1(C#N)C=C(c2ccccc2)SC(c2ccccc2)=C1. The first-order chi connectivity index (χ1) is 12.2. The van der Waals surface area contributed by atoms with E-state index in [9.17, 15) is 10.1 Å². The summed E-state index contributed by atoms with van der Waals surface area (Å²) in [5, 5.41) is 9.82. The molecule has 25 heavy (non-hydrogen) atoms. The third-order valence-corrected chi connectivity index (χ3v) is 5.00. The van der Waals surface area contributed by atoms with E-state index in [0.717, 1.165) is 20.9 Å².